The van der Waals surface area contributed by atoms with Crippen molar-refractivity contribution >= 4 is 17.6 Å². The minimum atomic E-state index is -1.63. The molecule has 100 valence electrons. The Morgan fingerprint density at radius 2 is 2.22 bits per heavy atom. The van der Waals surface area contributed by atoms with Crippen molar-refractivity contribution < 1.29 is 23.8 Å². The van der Waals surface area contributed by atoms with Crippen LogP contribution in [0, 0.1) is 12.7 Å². The number of benzene rings is 1. The van der Waals surface area contributed by atoms with Crippen LogP contribution in [0.5, 0.6) is 5.75 Å². The van der Waals surface area contributed by atoms with Crippen LogP contribution in [0.15, 0.2) is 6.07 Å². The third kappa shape index (κ3) is 2.73. The molecule has 0 aliphatic heterocycles. The molecule has 1 N–H and O–H groups in total. The van der Waals surface area contributed by atoms with Gasteiger partial charge in [-0.25, -0.2) is 9.18 Å². The average Bonchev–Trinajstić information content (AvgIpc) is 2.32. The standard InChI is InChI=1S/C12H14ClFO4/c1-4-18-12(16)10(15)9-6(2)8(14)5-7(13)11(9)17-3/h5,10,15H,4H2,1-3H3. The summed E-state index contributed by atoms with van der Waals surface area (Å²) in [5, 5.41) is 9.87. The molecule has 0 aliphatic rings. The predicted octanol–water partition coefficient (Wildman–Crippen LogP) is 2.39. The number of halogens is 2. The maximum atomic E-state index is 13.6. The van der Waals surface area contributed by atoms with Crippen molar-refractivity contribution in [3.63, 3.8) is 0 Å². The van der Waals surface area contributed by atoms with Crippen molar-refractivity contribution in [1.29, 1.82) is 0 Å². The molecule has 18 heavy (non-hydrogen) atoms. The molecular formula is C12H14ClFO4. The Labute approximate surface area is 109 Å². The first-order chi connectivity index (χ1) is 8.43. The van der Waals surface area contributed by atoms with E-state index in [1.165, 1.54) is 14.0 Å². The third-order valence-electron chi connectivity index (χ3n) is 2.46. The van der Waals surface area contributed by atoms with Gasteiger partial charge in [-0.05, 0) is 25.5 Å². The lowest BCUT2D eigenvalue weighted by Crippen LogP contribution is -2.18. The van der Waals surface area contributed by atoms with E-state index in [0.29, 0.717) is 0 Å². The first kappa shape index (κ1) is 14.7. The van der Waals surface area contributed by atoms with Crippen LogP contribution in [-0.2, 0) is 9.53 Å². The highest BCUT2D eigenvalue weighted by Gasteiger charge is 2.27. The Morgan fingerprint density at radius 3 is 2.72 bits per heavy atom. The van der Waals surface area contributed by atoms with Gasteiger partial charge in [-0.1, -0.05) is 11.6 Å². The lowest BCUT2D eigenvalue weighted by molar-refractivity contribution is -0.153. The van der Waals surface area contributed by atoms with Crippen LogP contribution in [0.3, 0.4) is 0 Å². The molecule has 0 saturated heterocycles. The Kier molecular flexibility index (Phi) is 4.93. The van der Waals surface area contributed by atoms with Gasteiger partial charge in [0, 0.05) is 5.56 Å². The van der Waals surface area contributed by atoms with Crippen LogP contribution in [0.1, 0.15) is 24.2 Å². The highest BCUT2D eigenvalue weighted by molar-refractivity contribution is 6.32. The number of carbonyl (C=O) groups excluding carboxylic acids is 1. The van der Waals surface area contributed by atoms with Gasteiger partial charge >= 0.3 is 5.97 Å². The van der Waals surface area contributed by atoms with Gasteiger partial charge in [0.2, 0.25) is 0 Å². The molecule has 0 heterocycles. The van der Waals surface area contributed by atoms with E-state index in [2.05, 4.69) is 4.74 Å². The topological polar surface area (TPSA) is 55.8 Å². The highest BCUT2D eigenvalue weighted by Crippen LogP contribution is 2.37. The Bertz CT molecular complexity index is 462. The molecule has 0 spiro atoms. The first-order valence-corrected chi connectivity index (χ1v) is 5.69. The van der Waals surface area contributed by atoms with Gasteiger partial charge in [0.1, 0.15) is 11.6 Å². The SMILES string of the molecule is CCOC(=O)C(O)c1c(C)c(F)cc(Cl)c1OC. The summed E-state index contributed by atoms with van der Waals surface area (Å²) < 4.78 is 23.2. The molecule has 0 amide bonds. The van der Waals surface area contributed by atoms with E-state index in [4.69, 9.17) is 16.3 Å². The molecule has 1 aromatic carbocycles. The van der Waals surface area contributed by atoms with Crippen LogP contribution in [0.4, 0.5) is 4.39 Å². The Morgan fingerprint density at radius 1 is 1.61 bits per heavy atom. The van der Waals surface area contributed by atoms with Crippen LogP contribution in [-0.4, -0.2) is 24.8 Å². The number of carbonyl (C=O) groups is 1. The first-order valence-electron chi connectivity index (χ1n) is 5.31. The zero-order valence-corrected chi connectivity index (χ0v) is 11.0. The van der Waals surface area contributed by atoms with E-state index < -0.39 is 17.9 Å². The summed E-state index contributed by atoms with van der Waals surface area (Å²) in [6.07, 6.45) is -1.63. The van der Waals surface area contributed by atoms with Crippen molar-refractivity contribution in [2.75, 3.05) is 13.7 Å². The largest absolute Gasteiger partial charge is 0.495 e. The van der Waals surface area contributed by atoms with Gasteiger partial charge in [-0.2, -0.15) is 0 Å². The van der Waals surface area contributed by atoms with Crippen molar-refractivity contribution in [3.8, 4) is 5.75 Å². The summed E-state index contributed by atoms with van der Waals surface area (Å²) in [4.78, 5) is 11.5. The minimum Gasteiger partial charge on any atom is -0.495 e. The number of rotatable bonds is 4. The fourth-order valence-electron chi connectivity index (χ4n) is 1.59. The zero-order chi connectivity index (χ0) is 13.9. The van der Waals surface area contributed by atoms with Gasteiger partial charge in [0.05, 0.1) is 18.7 Å². The molecule has 1 aromatic rings. The molecule has 0 fully saturated rings. The number of aliphatic hydroxyl groups is 1. The molecule has 0 radical (unpaired) electrons. The van der Waals surface area contributed by atoms with E-state index in [-0.39, 0.29) is 28.5 Å². The van der Waals surface area contributed by atoms with E-state index in [1.807, 2.05) is 0 Å². The Hall–Kier alpha value is -1.33. The summed E-state index contributed by atoms with van der Waals surface area (Å²) in [6, 6.07) is 1.07. The molecule has 1 unspecified atom stereocenters. The molecule has 1 rings (SSSR count). The lowest BCUT2D eigenvalue weighted by atomic mass is 10.0. The maximum absolute atomic E-state index is 13.6. The molecule has 0 saturated carbocycles. The molecule has 4 nitrogen and oxygen atoms in total. The highest BCUT2D eigenvalue weighted by atomic mass is 35.5. The van der Waals surface area contributed by atoms with Crippen LogP contribution in [0.2, 0.25) is 5.02 Å². The Balaban J connectivity index is 3.33. The van der Waals surface area contributed by atoms with E-state index in [0.717, 1.165) is 6.07 Å². The van der Waals surface area contributed by atoms with E-state index in [1.54, 1.807) is 6.92 Å². The second-order valence-corrected chi connectivity index (χ2v) is 3.97. The second-order valence-electron chi connectivity index (χ2n) is 3.57. The van der Waals surface area contributed by atoms with Crippen molar-refractivity contribution in [1.82, 2.24) is 0 Å². The summed E-state index contributed by atoms with van der Waals surface area (Å²) in [7, 11) is 1.32. The number of aliphatic hydroxyl groups excluding tert-OH is 1. The molecule has 0 aromatic heterocycles. The number of hydrogen-bond donors (Lipinski definition) is 1. The van der Waals surface area contributed by atoms with E-state index in [9.17, 15) is 14.3 Å². The fraction of sp³-hybridized carbons (Fsp3) is 0.417. The molecule has 0 bridgehead atoms. The molecule has 6 heteroatoms. The number of methoxy groups -OCH3 is 1. The lowest BCUT2D eigenvalue weighted by Gasteiger charge is -2.17. The van der Waals surface area contributed by atoms with Crippen molar-refractivity contribution in [2.45, 2.75) is 20.0 Å². The zero-order valence-electron chi connectivity index (χ0n) is 10.3. The quantitative estimate of drug-likeness (QED) is 0.858. The van der Waals surface area contributed by atoms with E-state index >= 15 is 0 Å². The summed E-state index contributed by atoms with van der Waals surface area (Å²) in [5.74, 6) is -1.43. The van der Waals surface area contributed by atoms with Crippen LogP contribution in [0.25, 0.3) is 0 Å². The summed E-state index contributed by atoms with van der Waals surface area (Å²) in [5.41, 5.74) is 0.0813. The van der Waals surface area contributed by atoms with Crippen LogP contribution < -0.4 is 4.74 Å². The molecule has 1 atom stereocenters. The minimum absolute atomic E-state index is 0.0130. The number of hydrogen-bond acceptors (Lipinski definition) is 4. The van der Waals surface area contributed by atoms with Gasteiger partial charge in [0.15, 0.2) is 6.10 Å². The van der Waals surface area contributed by atoms with Gasteiger partial charge in [-0.15, -0.1) is 0 Å². The smallest absolute Gasteiger partial charge is 0.339 e. The van der Waals surface area contributed by atoms with Gasteiger partial charge < -0.3 is 14.6 Å². The number of ether oxygens (including phenoxy) is 2. The van der Waals surface area contributed by atoms with Crippen molar-refractivity contribution in [2.24, 2.45) is 0 Å². The second kappa shape index (κ2) is 6.02. The monoisotopic (exact) mass is 276 g/mol. The summed E-state index contributed by atoms with van der Waals surface area (Å²) >= 11 is 5.80. The van der Waals surface area contributed by atoms with Gasteiger partial charge in [-0.3, -0.25) is 0 Å². The van der Waals surface area contributed by atoms with Gasteiger partial charge in [0.25, 0.3) is 0 Å². The molecule has 0 aliphatic carbocycles. The van der Waals surface area contributed by atoms with Crippen LogP contribution >= 0.6 is 11.6 Å². The fourth-order valence-corrected chi connectivity index (χ4v) is 1.86. The third-order valence-corrected chi connectivity index (χ3v) is 2.75. The average molecular weight is 277 g/mol. The maximum Gasteiger partial charge on any atom is 0.339 e. The van der Waals surface area contributed by atoms with Crippen molar-refractivity contribution in [3.05, 3.63) is 28.0 Å². The summed E-state index contributed by atoms with van der Waals surface area (Å²) in [6.45, 7) is 3.14. The normalized spacial score (nSPS) is 12.1. The molecular weight excluding hydrogens is 263 g/mol. The predicted molar refractivity (Wildman–Crippen MR) is 64.3 cm³/mol. The number of esters is 1.